The van der Waals surface area contributed by atoms with Crippen LogP contribution in [0, 0.1) is 6.92 Å². The summed E-state index contributed by atoms with van der Waals surface area (Å²) in [6.45, 7) is 2.66. The lowest BCUT2D eigenvalue weighted by atomic mass is 10.1. The van der Waals surface area contributed by atoms with Gasteiger partial charge in [0.1, 0.15) is 10.8 Å². The van der Waals surface area contributed by atoms with Crippen LogP contribution in [0.25, 0.3) is 0 Å². The summed E-state index contributed by atoms with van der Waals surface area (Å²) in [5.41, 5.74) is 3.08. The van der Waals surface area contributed by atoms with Crippen molar-refractivity contribution in [1.29, 1.82) is 0 Å². The Hall–Kier alpha value is -2.91. The van der Waals surface area contributed by atoms with E-state index in [1.54, 1.807) is 31.4 Å². The predicted molar refractivity (Wildman–Crippen MR) is 125 cm³/mol. The van der Waals surface area contributed by atoms with Gasteiger partial charge in [-0.3, -0.25) is 9.59 Å². The zero-order valence-electron chi connectivity index (χ0n) is 17.4. The van der Waals surface area contributed by atoms with Crippen LogP contribution in [0.4, 0.5) is 5.69 Å². The lowest BCUT2D eigenvalue weighted by Crippen LogP contribution is -2.27. The number of hydrogen-bond donors (Lipinski definition) is 2. The summed E-state index contributed by atoms with van der Waals surface area (Å²) in [6, 6.07) is 15.3. The molecule has 0 unspecified atom stereocenters. The molecule has 2 aromatic carbocycles. The predicted octanol–water partition coefficient (Wildman–Crippen LogP) is 3.70. The average Bonchev–Trinajstić information content (AvgIpc) is 3.25. The molecule has 3 aromatic rings. The third kappa shape index (κ3) is 7.37. The van der Waals surface area contributed by atoms with Crippen LogP contribution >= 0.6 is 23.1 Å². The Morgan fingerprint density at radius 1 is 1.06 bits per heavy atom. The molecular weight excluding hydrogens is 432 g/mol. The first-order valence-electron chi connectivity index (χ1n) is 9.71. The fraction of sp³-hybridized carbons (Fsp3) is 0.273. The zero-order valence-corrected chi connectivity index (χ0v) is 19.0. The Morgan fingerprint density at radius 3 is 2.52 bits per heavy atom. The Morgan fingerprint density at radius 2 is 1.81 bits per heavy atom. The number of amides is 2. The number of thioether (sulfide) groups is 1. The molecule has 0 saturated carbocycles. The number of ether oxygens (including phenoxy) is 1. The minimum Gasteiger partial charge on any atom is -0.497 e. The Bertz CT molecular complexity index is 1000. The molecule has 2 N–H and O–H groups in total. The van der Waals surface area contributed by atoms with Crippen LogP contribution in [-0.4, -0.2) is 41.4 Å². The van der Waals surface area contributed by atoms with Crippen molar-refractivity contribution in [2.24, 2.45) is 0 Å². The van der Waals surface area contributed by atoms with Crippen molar-refractivity contribution in [2.75, 3.05) is 24.7 Å². The number of anilines is 1. The summed E-state index contributed by atoms with van der Waals surface area (Å²) >= 11 is 2.67. The van der Waals surface area contributed by atoms with Crippen LogP contribution in [0.5, 0.6) is 5.75 Å². The lowest BCUT2D eigenvalue weighted by molar-refractivity contribution is -0.118. The molecule has 1 aromatic heterocycles. The standard InChI is InChI=1S/C22H24N4O3S2/c1-15-3-5-16(6-4-15)11-12-23-19(27)13-30-14-20-25-26-22(31-20)21(28)24-17-7-9-18(29-2)10-8-17/h3-10H,11-14H2,1-2H3,(H,23,27)(H,24,28). The van der Waals surface area contributed by atoms with Crippen LogP contribution in [-0.2, 0) is 17.0 Å². The summed E-state index contributed by atoms with van der Waals surface area (Å²) in [5, 5.41) is 14.7. The van der Waals surface area contributed by atoms with E-state index in [9.17, 15) is 9.59 Å². The molecule has 1 heterocycles. The van der Waals surface area contributed by atoms with Crippen LogP contribution in [0.3, 0.4) is 0 Å². The third-order valence-electron chi connectivity index (χ3n) is 4.32. The SMILES string of the molecule is COc1ccc(NC(=O)c2nnc(CSCC(=O)NCCc3ccc(C)cc3)s2)cc1. The number of carbonyl (C=O) groups is 2. The second-order valence-corrected chi connectivity index (χ2v) is 8.81. The van der Waals surface area contributed by atoms with Gasteiger partial charge >= 0.3 is 0 Å². The molecular formula is C22H24N4O3S2. The maximum atomic E-state index is 12.3. The van der Waals surface area contributed by atoms with Gasteiger partial charge in [-0.05, 0) is 43.2 Å². The molecule has 162 valence electrons. The molecule has 0 radical (unpaired) electrons. The van der Waals surface area contributed by atoms with E-state index >= 15 is 0 Å². The molecule has 0 aliphatic heterocycles. The molecule has 0 saturated heterocycles. The van der Waals surface area contributed by atoms with E-state index in [-0.39, 0.29) is 16.8 Å². The lowest BCUT2D eigenvalue weighted by Gasteiger charge is -2.05. The van der Waals surface area contributed by atoms with Crippen LogP contribution in [0.2, 0.25) is 0 Å². The van der Waals surface area contributed by atoms with Gasteiger partial charge in [-0.15, -0.1) is 22.0 Å². The molecule has 3 rings (SSSR count). The van der Waals surface area contributed by atoms with Gasteiger partial charge in [0, 0.05) is 18.0 Å². The molecule has 2 amide bonds. The van der Waals surface area contributed by atoms with E-state index in [0.29, 0.717) is 34.5 Å². The van der Waals surface area contributed by atoms with Crippen molar-refractivity contribution in [1.82, 2.24) is 15.5 Å². The molecule has 31 heavy (non-hydrogen) atoms. The van der Waals surface area contributed by atoms with Crippen molar-refractivity contribution in [3.05, 3.63) is 69.7 Å². The summed E-state index contributed by atoms with van der Waals surface area (Å²) in [5.74, 6) is 1.25. The van der Waals surface area contributed by atoms with E-state index in [4.69, 9.17) is 4.74 Å². The van der Waals surface area contributed by atoms with E-state index < -0.39 is 0 Å². The number of nitrogens with zero attached hydrogens (tertiary/aromatic N) is 2. The third-order valence-corrected chi connectivity index (χ3v) is 6.37. The van der Waals surface area contributed by atoms with Gasteiger partial charge in [0.15, 0.2) is 0 Å². The Balaban J connectivity index is 1.36. The first-order valence-corrected chi connectivity index (χ1v) is 11.7. The molecule has 0 aliphatic carbocycles. The molecule has 7 nitrogen and oxygen atoms in total. The molecule has 0 spiro atoms. The molecule has 0 fully saturated rings. The fourth-order valence-corrected chi connectivity index (χ4v) is 4.28. The topological polar surface area (TPSA) is 93.2 Å². The number of aryl methyl sites for hydroxylation is 1. The summed E-state index contributed by atoms with van der Waals surface area (Å²) in [4.78, 5) is 24.3. The highest BCUT2D eigenvalue weighted by Gasteiger charge is 2.13. The number of aromatic nitrogens is 2. The zero-order chi connectivity index (χ0) is 22.1. The summed E-state index contributed by atoms with van der Waals surface area (Å²) in [6.07, 6.45) is 0.805. The number of benzene rings is 2. The number of methoxy groups -OCH3 is 1. The van der Waals surface area contributed by atoms with Crippen molar-refractivity contribution >= 4 is 40.6 Å². The van der Waals surface area contributed by atoms with Gasteiger partial charge in [0.25, 0.3) is 5.91 Å². The van der Waals surface area contributed by atoms with E-state index in [1.807, 2.05) is 0 Å². The molecule has 9 heteroatoms. The number of rotatable bonds is 10. The molecule has 0 aliphatic rings. The van der Waals surface area contributed by atoms with E-state index in [0.717, 1.165) is 6.42 Å². The van der Waals surface area contributed by atoms with Crippen LogP contribution in [0.15, 0.2) is 48.5 Å². The van der Waals surface area contributed by atoms with Gasteiger partial charge in [0.2, 0.25) is 10.9 Å². The molecule has 0 atom stereocenters. The average molecular weight is 457 g/mol. The van der Waals surface area contributed by atoms with Gasteiger partial charge in [-0.25, -0.2) is 0 Å². The summed E-state index contributed by atoms with van der Waals surface area (Å²) < 4.78 is 5.10. The van der Waals surface area contributed by atoms with Gasteiger partial charge in [-0.1, -0.05) is 41.2 Å². The Labute approximate surface area is 189 Å². The smallest absolute Gasteiger partial charge is 0.286 e. The highest BCUT2D eigenvalue weighted by Crippen LogP contribution is 2.19. The first-order chi connectivity index (χ1) is 15.0. The maximum absolute atomic E-state index is 12.3. The largest absolute Gasteiger partial charge is 0.497 e. The number of nitrogens with one attached hydrogen (secondary N) is 2. The monoisotopic (exact) mass is 456 g/mol. The van der Waals surface area contributed by atoms with Crippen molar-refractivity contribution in [3.63, 3.8) is 0 Å². The van der Waals surface area contributed by atoms with E-state index in [2.05, 4.69) is 52.0 Å². The number of carbonyl (C=O) groups excluding carboxylic acids is 2. The summed E-state index contributed by atoms with van der Waals surface area (Å²) in [7, 11) is 1.59. The molecule has 0 bridgehead atoms. The highest BCUT2D eigenvalue weighted by molar-refractivity contribution is 7.99. The maximum Gasteiger partial charge on any atom is 0.286 e. The van der Waals surface area contributed by atoms with Crippen molar-refractivity contribution in [2.45, 2.75) is 19.1 Å². The highest BCUT2D eigenvalue weighted by atomic mass is 32.2. The normalized spacial score (nSPS) is 10.5. The second-order valence-electron chi connectivity index (χ2n) is 6.76. The minimum atomic E-state index is -0.312. The van der Waals surface area contributed by atoms with Crippen LogP contribution in [0.1, 0.15) is 25.9 Å². The quantitative estimate of drug-likeness (QED) is 0.483. The van der Waals surface area contributed by atoms with E-state index in [1.165, 1.54) is 34.2 Å². The van der Waals surface area contributed by atoms with Crippen molar-refractivity contribution < 1.29 is 14.3 Å². The van der Waals surface area contributed by atoms with Gasteiger partial charge in [0.05, 0.1) is 12.9 Å². The first kappa shape index (κ1) is 22.8. The Kier molecular flexibility index (Phi) is 8.43. The van der Waals surface area contributed by atoms with Crippen molar-refractivity contribution in [3.8, 4) is 5.75 Å². The van der Waals surface area contributed by atoms with Gasteiger partial charge < -0.3 is 15.4 Å². The van der Waals surface area contributed by atoms with Crippen LogP contribution < -0.4 is 15.4 Å². The second kappa shape index (κ2) is 11.5. The fourth-order valence-electron chi connectivity index (χ4n) is 2.65. The van der Waals surface area contributed by atoms with Gasteiger partial charge in [-0.2, -0.15) is 0 Å². The number of hydrogen-bond acceptors (Lipinski definition) is 7. The minimum absolute atomic E-state index is 0.0147.